The van der Waals surface area contributed by atoms with Crippen LogP contribution in [-0.4, -0.2) is 58.9 Å². The number of alkyl carbamates (subject to hydrolysis) is 1. The Bertz CT molecular complexity index is 969. The molecule has 0 aliphatic carbocycles. The number of rotatable bonds is 7. The number of para-hydroxylation sites is 1. The van der Waals surface area contributed by atoms with E-state index in [1.165, 1.54) is 6.92 Å². The minimum absolute atomic E-state index is 0.0952. The van der Waals surface area contributed by atoms with E-state index in [1.54, 1.807) is 48.5 Å². The highest BCUT2D eigenvalue weighted by Crippen LogP contribution is 2.17. The van der Waals surface area contributed by atoms with Crippen LogP contribution in [0.2, 0.25) is 0 Å². The molecule has 1 aliphatic heterocycles. The molecule has 32 heavy (non-hydrogen) atoms. The number of benzene rings is 2. The molecule has 0 spiro atoms. The summed E-state index contributed by atoms with van der Waals surface area (Å²) in [5, 5.41) is 38.5. The van der Waals surface area contributed by atoms with E-state index in [2.05, 4.69) is 31.4 Å². The van der Waals surface area contributed by atoms with Crippen LogP contribution in [0.4, 0.5) is 16.2 Å². The van der Waals surface area contributed by atoms with E-state index >= 15 is 0 Å². The van der Waals surface area contributed by atoms with Crippen LogP contribution in [0.1, 0.15) is 6.92 Å². The molecule has 1 fully saturated rings. The number of nitrogens with one attached hydrogen (secondary N) is 3. The van der Waals surface area contributed by atoms with Crippen molar-refractivity contribution >= 4 is 29.2 Å². The lowest BCUT2D eigenvalue weighted by atomic mass is 9.99. The number of amides is 2. The van der Waals surface area contributed by atoms with Crippen LogP contribution in [0.25, 0.3) is 0 Å². The number of cyclic esters (lactones) is 1. The van der Waals surface area contributed by atoms with Crippen molar-refractivity contribution in [2.24, 2.45) is 15.3 Å². The number of carbonyl (C=O) groups is 2. The van der Waals surface area contributed by atoms with Gasteiger partial charge in [-0.25, -0.2) is 4.79 Å². The van der Waals surface area contributed by atoms with Gasteiger partial charge in [-0.05, 0) is 24.3 Å². The Labute approximate surface area is 184 Å². The number of hydrogen-bond donors (Lipinski definition) is 5. The molecular weight excluding hydrogens is 416 g/mol. The van der Waals surface area contributed by atoms with Crippen molar-refractivity contribution in [1.82, 2.24) is 10.6 Å². The summed E-state index contributed by atoms with van der Waals surface area (Å²) in [4.78, 5) is 23.5. The van der Waals surface area contributed by atoms with Crippen molar-refractivity contribution < 1.29 is 24.5 Å². The number of nitrogens with zero attached hydrogens (tertiary/aromatic N) is 3. The standard InChI is InChI=1S/C21H24N6O5/c1-13(28)23-17(18(30)19-16(29)12-22-21(31)32-19)20(26-24-14-8-4-2-5-9-14)27-25-15-10-6-3-7-11-15/h2-11,16-19,24,29-30H,12H2,1H3,(H,22,31)(H,23,28)/b26-20-,27-25?/t16-,17-,18-,19+/m1/s1. The number of azo groups is 1. The molecule has 4 atom stereocenters. The van der Waals surface area contributed by atoms with Gasteiger partial charge in [0.25, 0.3) is 0 Å². The highest BCUT2D eigenvalue weighted by atomic mass is 16.6. The quantitative estimate of drug-likeness (QED) is 0.190. The molecule has 5 N–H and O–H groups in total. The van der Waals surface area contributed by atoms with E-state index in [4.69, 9.17) is 4.74 Å². The lowest BCUT2D eigenvalue weighted by Crippen LogP contribution is -2.60. The Hall–Kier alpha value is -3.83. The number of hydrogen-bond acceptors (Lipinski definition) is 8. The number of amidine groups is 1. The Kier molecular flexibility index (Phi) is 7.84. The van der Waals surface area contributed by atoms with Gasteiger partial charge >= 0.3 is 6.09 Å². The molecule has 0 aromatic heterocycles. The Morgan fingerprint density at radius 3 is 2.47 bits per heavy atom. The third-order valence-electron chi connectivity index (χ3n) is 4.49. The predicted octanol–water partition coefficient (Wildman–Crippen LogP) is 1.53. The Morgan fingerprint density at radius 1 is 1.16 bits per heavy atom. The molecule has 3 rings (SSSR count). The summed E-state index contributed by atoms with van der Waals surface area (Å²) in [5.74, 6) is -0.590. The number of anilines is 1. The fraction of sp³-hybridized carbons (Fsp3) is 0.286. The normalized spacial score (nSPS) is 20.7. The second-order valence-electron chi connectivity index (χ2n) is 6.97. The lowest BCUT2D eigenvalue weighted by Gasteiger charge is -2.34. The SMILES string of the molecule is CC(=O)N[C@@H](/C(N=Nc1ccccc1)=N/Nc1ccccc1)[C@@H](O)[C@H]1OC(=O)NC[C@H]1O. The Morgan fingerprint density at radius 2 is 1.81 bits per heavy atom. The molecule has 11 heteroatoms. The van der Waals surface area contributed by atoms with Crippen LogP contribution >= 0.6 is 0 Å². The molecular formula is C21H24N6O5. The molecule has 2 amide bonds. The predicted molar refractivity (Wildman–Crippen MR) is 116 cm³/mol. The summed E-state index contributed by atoms with van der Waals surface area (Å²) >= 11 is 0. The molecule has 11 nitrogen and oxygen atoms in total. The minimum Gasteiger partial charge on any atom is -0.441 e. The first-order chi connectivity index (χ1) is 15.4. The van der Waals surface area contributed by atoms with Crippen LogP contribution < -0.4 is 16.1 Å². The molecule has 0 radical (unpaired) electrons. The summed E-state index contributed by atoms with van der Waals surface area (Å²) in [6.45, 7) is 1.13. The number of aliphatic hydroxyl groups is 2. The van der Waals surface area contributed by atoms with Crippen molar-refractivity contribution in [3.8, 4) is 0 Å². The second kappa shape index (κ2) is 11.0. The van der Waals surface area contributed by atoms with Gasteiger partial charge in [-0.2, -0.15) is 5.10 Å². The third kappa shape index (κ3) is 6.33. The van der Waals surface area contributed by atoms with Gasteiger partial charge in [-0.1, -0.05) is 36.4 Å². The van der Waals surface area contributed by atoms with Gasteiger partial charge in [-0.3, -0.25) is 10.2 Å². The van der Waals surface area contributed by atoms with Gasteiger partial charge in [-0.15, -0.1) is 10.2 Å². The van der Waals surface area contributed by atoms with Crippen LogP contribution in [-0.2, 0) is 9.53 Å². The highest BCUT2D eigenvalue weighted by molar-refractivity contribution is 5.92. The number of ether oxygens (including phenoxy) is 1. The average molecular weight is 440 g/mol. The van der Waals surface area contributed by atoms with E-state index in [-0.39, 0.29) is 12.4 Å². The minimum atomic E-state index is -1.56. The van der Waals surface area contributed by atoms with Crippen molar-refractivity contribution in [1.29, 1.82) is 0 Å². The van der Waals surface area contributed by atoms with Gasteiger partial charge < -0.3 is 25.6 Å². The fourth-order valence-electron chi connectivity index (χ4n) is 2.95. The molecule has 1 saturated heterocycles. The van der Waals surface area contributed by atoms with E-state index < -0.39 is 36.4 Å². The maximum absolute atomic E-state index is 11.9. The highest BCUT2D eigenvalue weighted by Gasteiger charge is 2.41. The molecule has 168 valence electrons. The summed E-state index contributed by atoms with van der Waals surface area (Å²) in [6, 6.07) is 16.5. The van der Waals surface area contributed by atoms with Crippen molar-refractivity contribution in [2.75, 3.05) is 12.0 Å². The number of β-amino-alcohol motifs (C(OH)–C–C–N with tert-alkyl or cyclic N) is 1. The molecule has 1 heterocycles. The zero-order valence-electron chi connectivity index (χ0n) is 17.3. The van der Waals surface area contributed by atoms with Crippen LogP contribution in [0.3, 0.4) is 0 Å². The average Bonchev–Trinajstić information content (AvgIpc) is 2.80. The van der Waals surface area contributed by atoms with Crippen molar-refractivity contribution in [2.45, 2.75) is 31.3 Å². The molecule has 1 aliphatic rings. The molecule has 0 unspecified atom stereocenters. The van der Waals surface area contributed by atoms with Gasteiger partial charge in [0.05, 0.1) is 17.9 Å². The number of carbonyl (C=O) groups excluding carboxylic acids is 2. The largest absolute Gasteiger partial charge is 0.441 e. The first kappa shape index (κ1) is 22.8. The maximum Gasteiger partial charge on any atom is 0.407 e. The second-order valence-corrected chi connectivity index (χ2v) is 6.97. The fourth-order valence-corrected chi connectivity index (χ4v) is 2.95. The zero-order valence-corrected chi connectivity index (χ0v) is 17.3. The summed E-state index contributed by atoms with van der Waals surface area (Å²) in [5.41, 5.74) is 3.95. The number of hydrazone groups is 1. The van der Waals surface area contributed by atoms with Crippen molar-refractivity contribution in [3.05, 3.63) is 60.7 Å². The molecule has 0 bridgehead atoms. The van der Waals surface area contributed by atoms with Crippen molar-refractivity contribution in [3.63, 3.8) is 0 Å². The van der Waals surface area contributed by atoms with Crippen LogP contribution in [0.5, 0.6) is 0 Å². The van der Waals surface area contributed by atoms with E-state index in [0.717, 1.165) is 0 Å². The first-order valence-corrected chi connectivity index (χ1v) is 9.87. The van der Waals surface area contributed by atoms with Gasteiger partial charge in [0.15, 0.2) is 11.9 Å². The summed E-state index contributed by atoms with van der Waals surface area (Å²) < 4.78 is 5.05. The van der Waals surface area contributed by atoms with Gasteiger partial charge in [0.2, 0.25) is 5.91 Å². The third-order valence-corrected chi connectivity index (χ3v) is 4.49. The van der Waals surface area contributed by atoms with Crippen LogP contribution in [0, 0.1) is 0 Å². The monoisotopic (exact) mass is 440 g/mol. The van der Waals surface area contributed by atoms with Crippen LogP contribution in [0.15, 0.2) is 76.0 Å². The van der Waals surface area contributed by atoms with E-state index in [0.29, 0.717) is 11.4 Å². The van der Waals surface area contributed by atoms with E-state index in [9.17, 15) is 19.8 Å². The van der Waals surface area contributed by atoms with Gasteiger partial charge in [0.1, 0.15) is 18.2 Å². The first-order valence-electron chi connectivity index (χ1n) is 9.87. The lowest BCUT2D eigenvalue weighted by molar-refractivity contribution is -0.122. The summed E-state index contributed by atoms with van der Waals surface area (Å²) in [7, 11) is 0. The molecule has 2 aromatic carbocycles. The maximum atomic E-state index is 11.9. The molecule has 2 aromatic rings. The number of aliphatic hydroxyl groups excluding tert-OH is 2. The molecule has 0 saturated carbocycles. The van der Waals surface area contributed by atoms with E-state index in [1.807, 2.05) is 12.1 Å². The summed E-state index contributed by atoms with van der Waals surface area (Å²) in [6.07, 6.45) is -4.90. The Balaban J connectivity index is 1.94. The zero-order chi connectivity index (χ0) is 22.9. The topological polar surface area (TPSA) is 157 Å². The smallest absolute Gasteiger partial charge is 0.407 e. The van der Waals surface area contributed by atoms with Gasteiger partial charge in [0, 0.05) is 6.92 Å².